The summed E-state index contributed by atoms with van der Waals surface area (Å²) in [5.41, 5.74) is 5.72. The number of hydrogen-bond acceptors (Lipinski definition) is 5. The fourth-order valence-corrected chi connectivity index (χ4v) is 3.82. The van der Waals surface area contributed by atoms with Crippen LogP contribution in [0.5, 0.6) is 11.5 Å². The zero-order chi connectivity index (χ0) is 26.1. The highest BCUT2D eigenvalue weighted by molar-refractivity contribution is 6.40. The number of benzene rings is 3. The SMILES string of the molecule is CC.CN=C(Cc1ccc(O)cc1)C(=O)N1C=C(c2ccc(O)cc2)NC(Cc2ccccc2)=C1C. The lowest BCUT2D eigenvalue weighted by atomic mass is 10.0. The molecule has 6 nitrogen and oxygen atoms in total. The third kappa shape index (κ3) is 6.42. The molecule has 3 N–H and O–H groups in total. The Morgan fingerprint density at radius 2 is 1.44 bits per heavy atom. The van der Waals surface area contributed by atoms with Gasteiger partial charge in [-0.05, 0) is 60.0 Å². The van der Waals surface area contributed by atoms with Gasteiger partial charge in [-0.15, -0.1) is 0 Å². The predicted molar refractivity (Wildman–Crippen MR) is 145 cm³/mol. The van der Waals surface area contributed by atoms with E-state index in [2.05, 4.69) is 22.4 Å². The van der Waals surface area contributed by atoms with Crippen LogP contribution in [0, 0.1) is 0 Å². The number of aromatic hydroxyl groups is 2. The molecule has 0 aliphatic carbocycles. The van der Waals surface area contributed by atoms with Gasteiger partial charge in [0.15, 0.2) is 0 Å². The van der Waals surface area contributed by atoms with Crippen LogP contribution in [0.25, 0.3) is 5.70 Å². The molecule has 36 heavy (non-hydrogen) atoms. The first kappa shape index (κ1) is 26.3. The molecule has 6 heteroatoms. The first-order valence-corrected chi connectivity index (χ1v) is 12.0. The quantitative estimate of drug-likeness (QED) is 0.396. The smallest absolute Gasteiger partial charge is 0.276 e. The topological polar surface area (TPSA) is 85.2 Å². The Balaban J connectivity index is 0.00000176. The molecule has 3 aromatic carbocycles. The molecule has 1 aliphatic rings. The molecule has 1 amide bonds. The number of nitrogens with zero attached hydrogens (tertiary/aromatic N) is 2. The van der Waals surface area contributed by atoms with Gasteiger partial charge in [-0.2, -0.15) is 0 Å². The van der Waals surface area contributed by atoms with Crippen LogP contribution in [0.1, 0.15) is 37.5 Å². The Hall–Kier alpha value is -4.32. The monoisotopic (exact) mass is 483 g/mol. The van der Waals surface area contributed by atoms with E-state index in [9.17, 15) is 15.0 Å². The number of phenolic OH excluding ortho intramolecular Hbond substituents is 2. The van der Waals surface area contributed by atoms with Crippen molar-refractivity contribution >= 4 is 17.3 Å². The van der Waals surface area contributed by atoms with Gasteiger partial charge < -0.3 is 15.5 Å². The number of nitrogens with one attached hydrogen (secondary N) is 1. The highest BCUT2D eigenvalue weighted by Crippen LogP contribution is 2.27. The molecule has 4 rings (SSSR count). The Bertz CT molecular complexity index is 1260. The van der Waals surface area contributed by atoms with Crippen molar-refractivity contribution in [1.82, 2.24) is 10.2 Å². The third-order valence-corrected chi connectivity index (χ3v) is 5.79. The van der Waals surface area contributed by atoms with Crippen LogP contribution in [0.15, 0.2) is 101 Å². The summed E-state index contributed by atoms with van der Waals surface area (Å²) in [5.74, 6) is 0.146. The molecule has 1 aliphatic heterocycles. The van der Waals surface area contributed by atoms with Gasteiger partial charge in [-0.3, -0.25) is 14.7 Å². The maximum absolute atomic E-state index is 13.6. The average molecular weight is 484 g/mol. The summed E-state index contributed by atoms with van der Waals surface area (Å²) in [6, 6.07) is 23.7. The molecule has 186 valence electrons. The summed E-state index contributed by atoms with van der Waals surface area (Å²) < 4.78 is 0. The lowest BCUT2D eigenvalue weighted by Crippen LogP contribution is -2.38. The van der Waals surface area contributed by atoms with Gasteiger partial charge in [0.2, 0.25) is 0 Å². The number of rotatable bonds is 6. The predicted octanol–water partition coefficient (Wildman–Crippen LogP) is 5.64. The van der Waals surface area contributed by atoms with Crippen LogP contribution in [0.3, 0.4) is 0 Å². The Labute approximate surface area is 213 Å². The molecule has 0 radical (unpaired) electrons. The summed E-state index contributed by atoms with van der Waals surface area (Å²) in [6.45, 7) is 5.92. The van der Waals surface area contributed by atoms with Gasteiger partial charge in [0.25, 0.3) is 5.91 Å². The van der Waals surface area contributed by atoms with E-state index in [1.165, 1.54) is 0 Å². The fourth-order valence-electron chi connectivity index (χ4n) is 3.82. The summed E-state index contributed by atoms with van der Waals surface area (Å²) in [7, 11) is 1.62. The van der Waals surface area contributed by atoms with Crippen LogP contribution in [0.4, 0.5) is 0 Å². The van der Waals surface area contributed by atoms with Crippen LogP contribution in [0.2, 0.25) is 0 Å². The van der Waals surface area contributed by atoms with Crippen LogP contribution in [-0.4, -0.2) is 33.8 Å². The molecule has 0 saturated heterocycles. The van der Waals surface area contributed by atoms with Gasteiger partial charge >= 0.3 is 0 Å². The van der Waals surface area contributed by atoms with Gasteiger partial charge in [-0.1, -0.05) is 56.3 Å². The number of carbonyl (C=O) groups excluding carboxylic acids is 1. The molecule has 0 bridgehead atoms. The van der Waals surface area contributed by atoms with Crippen LogP contribution >= 0.6 is 0 Å². The van der Waals surface area contributed by atoms with Crippen molar-refractivity contribution in [1.29, 1.82) is 0 Å². The number of allylic oxidation sites excluding steroid dienone is 2. The number of aliphatic imine (C=N–C) groups is 1. The summed E-state index contributed by atoms with van der Waals surface area (Å²) in [6.07, 6.45) is 2.76. The van der Waals surface area contributed by atoms with E-state index in [4.69, 9.17) is 0 Å². The molecule has 0 atom stereocenters. The maximum atomic E-state index is 13.6. The Kier molecular flexibility index (Phi) is 9.06. The van der Waals surface area contributed by atoms with Crippen LogP contribution in [-0.2, 0) is 17.6 Å². The number of amides is 1. The molecule has 3 aromatic rings. The molecule has 0 aromatic heterocycles. The van der Waals surface area contributed by atoms with E-state index < -0.39 is 0 Å². The lowest BCUT2D eigenvalue weighted by molar-refractivity contribution is -0.120. The highest BCUT2D eigenvalue weighted by atomic mass is 16.3. The van der Waals surface area contributed by atoms with Crippen molar-refractivity contribution in [3.05, 3.63) is 113 Å². The van der Waals surface area contributed by atoms with E-state index in [-0.39, 0.29) is 17.4 Å². The minimum absolute atomic E-state index is 0.179. The fraction of sp³-hybridized carbons (Fsp3) is 0.200. The molecular formula is C30H33N3O3. The van der Waals surface area contributed by atoms with Crippen molar-refractivity contribution in [3.8, 4) is 11.5 Å². The highest BCUT2D eigenvalue weighted by Gasteiger charge is 2.26. The van der Waals surface area contributed by atoms with Gasteiger partial charge in [-0.25, -0.2) is 0 Å². The van der Waals surface area contributed by atoms with Crippen molar-refractivity contribution in [2.45, 2.75) is 33.6 Å². The standard InChI is InChI=1S/C28H27N3O3.C2H6/c1-19-25(16-20-6-4-3-5-7-20)30-27(22-10-14-24(33)15-11-22)18-31(19)28(34)26(29-2)17-21-8-12-23(32)13-9-21;1-2/h3-15,18,30,32-33H,16-17H2,1-2H3;1-2H3. The second kappa shape index (κ2) is 12.4. The molecule has 0 spiro atoms. The van der Waals surface area contributed by atoms with Gasteiger partial charge in [0, 0.05) is 37.5 Å². The summed E-state index contributed by atoms with van der Waals surface area (Å²) >= 11 is 0. The van der Waals surface area contributed by atoms with Crippen LogP contribution < -0.4 is 5.32 Å². The lowest BCUT2D eigenvalue weighted by Gasteiger charge is -2.30. The molecular weight excluding hydrogens is 450 g/mol. The Morgan fingerprint density at radius 3 is 2.03 bits per heavy atom. The molecule has 0 saturated carbocycles. The first-order valence-electron chi connectivity index (χ1n) is 12.0. The second-order valence-corrected chi connectivity index (χ2v) is 8.13. The van der Waals surface area contributed by atoms with E-state index in [1.54, 1.807) is 54.5 Å². The maximum Gasteiger partial charge on any atom is 0.276 e. The zero-order valence-electron chi connectivity index (χ0n) is 21.2. The number of phenols is 2. The largest absolute Gasteiger partial charge is 0.508 e. The van der Waals surface area contributed by atoms with Gasteiger partial charge in [0.05, 0.1) is 5.70 Å². The summed E-state index contributed by atoms with van der Waals surface area (Å²) in [4.78, 5) is 19.6. The Morgan fingerprint density at radius 1 is 0.861 bits per heavy atom. The van der Waals surface area contributed by atoms with Crippen molar-refractivity contribution in [2.75, 3.05) is 7.05 Å². The normalized spacial score (nSPS) is 13.4. The molecule has 1 heterocycles. The zero-order valence-corrected chi connectivity index (χ0v) is 21.2. The average Bonchev–Trinajstić information content (AvgIpc) is 2.91. The number of hydrogen-bond donors (Lipinski definition) is 3. The van der Waals surface area contributed by atoms with Crippen molar-refractivity contribution in [2.24, 2.45) is 4.99 Å². The van der Waals surface area contributed by atoms with Gasteiger partial charge in [0.1, 0.15) is 17.2 Å². The summed E-state index contributed by atoms with van der Waals surface area (Å²) in [5, 5.41) is 22.7. The van der Waals surface area contributed by atoms with E-state index >= 15 is 0 Å². The minimum Gasteiger partial charge on any atom is -0.508 e. The second-order valence-electron chi connectivity index (χ2n) is 8.13. The van der Waals surface area contributed by atoms with Crippen molar-refractivity contribution < 1.29 is 15.0 Å². The molecule has 0 unspecified atom stereocenters. The van der Waals surface area contributed by atoms with Crippen molar-refractivity contribution in [3.63, 3.8) is 0 Å². The van der Waals surface area contributed by atoms with E-state index in [1.807, 2.05) is 51.1 Å². The minimum atomic E-state index is -0.212. The van der Waals surface area contributed by atoms with E-state index in [0.29, 0.717) is 18.6 Å². The van der Waals surface area contributed by atoms with E-state index in [0.717, 1.165) is 33.8 Å². The third-order valence-electron chi connectivity index (χ3n) is 5.79. The first-order chi connectivity index (χ1) is 17.4. The number of carbonyl (C=O) groups is 1. The molecule has 0 fully saturated rings.